The first-order valence-corrected chi connectivity index (χ1v) is 3.75. The smallest absolute Gasteiger partial charge is 0.0269 e. The van der Waals surface area contributed by atoms with Crippen molar-refractivity contribution in [3.8, 4) is 0 Å². The Balaban J connectivity index is 3.11. The molecule has 0 nitrogen and oxygen atoms in total. The Hall–Kier alpha value is -0.560. The van der Waals surface area contributed by atoms with Crippen LogP contribution in [-0.4, -0.2) is 0 Å². The van der Waals surface area contributed by atoms with Crippen LogP contribution in [0.5, 0.6) is 0 Å². The molecule has 0 spiro atoms. The lowest BCUT2D eigenvalue weighted by atomic mass is 10.3. The molecule has 0 aliphatic rings. The zero-order valence-electron chi connectivity index (χ0n) is 5.77. The number of hydrogen-bond donors (Lipinski definition) is 0. The fourth-order valence-electron chi connectivity index (χ4n) is 0.702. The molecule has 0 aliphatic carbocycles. The van der Waals surface area contributed by atoms with Crippen molar-refractivity contribution < 1.29 is 0 Å². The van der Waals surface area contributed by atoms with Crippen LogP contribution in [0, 0.1) is 13.8 Å². The highest BCUT2D eigenvalue weighted by atomic mass is 32.1. The second-order valence-corrected chi connectivity index (χ2v) is 3.38. The lowest BCUT2D eigenvalue weighted by Gasteiger charge is -1.79. The first kappa shape index (κ1) is 6.56. The Morgan fingerprint density at radius 1 is 1.56 bits per heavy atom. The van der Waals surface area contributed by atoms with Crippen molar-refractivity contribution in [2.45, 2.75) is 13.8 Å². The first-order chi connectivity index (χ1) is 4.24. The molecule has 0 amide bonds. The van der Waals surface area contributed by atoms with E-state index in [0.717, 1.165) is 0 Å². The molecule has 0 unspecified atom stereocenters. The van der Waals surface area contributed by atoms with E-state index in [0.29, 0.717) is 0 Å². The van der Waals surface area contributed by atoms with E-state index >= 15 is 0 Å². The van der Waals surface area contributed by atoms with Gasteiger partial charge in [0.05, 0.1) is 0 Å². The van der Waals surface area contributed by atoms with Crippen molar-refractivity contribution in [2.75, 3.05) is 0 Å². The maximum atomic E-state index is 3.70. The summed E-state index contributed by atoms with van der Waals surface area (Å²) < 4.78 is 0. The van der Waals surface area contributed by atoms with Gasteiger partial charge in [0.2, 0.25) is 0 Å². The molecule has 48 valence electrons. The van der Waals surface area contributed by atoms with Crippen molar-refractivity contribution in [3.05, 3.63) is 28.0 Å². The summed E-state index contributed by atoms with van der Waals surface area (Å²) >= 11 is 1.80. The highest BCUT2D eigenvalue weighted by Crippen LogP contribution is 2.20. The average molecular weight is 138 g/mol. The minimum atomic E-state index is 1.27. The highest BCUT2D eigenvalue weighted by Gasteiger charge is 1.95. The van der Waals surface area contributed by atoms with Crippen LogP contribution in [-0.2, 0) is 0 Å². The summed E-state index contributed by atoms with van der Waals surface area (Å²) in [5.74, 6) is 0. The maximum absolute atomic E-state index is 3.70. The van der Waals surface area contributed by atoms with Crippen molar-refractivity contribution in [3.63, 3.8) is 0 Å². The van der Waals surface area contributed by atoms with Gasteiger partial charge in [-0.25, -0.2) is 0 Å². The third-order valence-corrected chi connectivity index (χ3v) is 2.53. The van der Waals surface area contributed by atoms with Gasteiger partial charge in [-0.1, -0.05) is 12.7 Å². The van der Waals surface area contributed by atoms with E-state index in [2.05, 4.69) is 26.5 Å². The molecule has 1 aromatic rings. The highest BCUT2D eigenvalue weighted by molar-refractivity contribution is 7.13. The molecule has 0 atom stereocenters. The molecule has 1 rings (SSSR count). The molecule has 0 saturated carbocycles. The Kier molecular flexibility index (Phi) is 1.72. The van der Waals surface area contributed by atoms with Crippen LogP contribution < -0.4 is 0 Å². The van der Waals surface area contributed by atoms with Crippen molar-refractivity contribution >= 4 is 17.4 Å². The lowest BCUT2D eigenvalue weighted by molar-refractivity contribution is 1.44. The molecule has 0 bridgehead atoms. The second-order valence-electron chi connectivity index (χ2n) is 2.09. The Labute approximate surface area is 59.8 Å². The van der Waals surface area contributed by atoms with Crippen molar-refractivity contribution in [1.29, 1.82) is 0 Å². The number of hydrogen-bond acceptors (Lipinski definition) is 1. The number of rotatable bonds is 1. The van der Waals surface area contributed by atoms with Gasteiger partial charge in [-0.2, -0.15) is 0 Å². The Morgan fingerprint density at radius 2 is 2.22 bits per heavy atom. The molecule has 0 aliphatic heterocycles. The molecular weight excluding hydrogens is 128 g/mol. The molecule has 0 saturated heterocycles. The van der Waals surface area contributed by atoms with Crippen LogP contribution in [0.2, 0.25) is 0 Å². The lowest BCUT2D eigenvalue weighted by Crippen LogP contribution is -1.62. The third-order valence-electron chi connectivity index (χ3n) is 1.39. The predicted molar refractivity (Wildman–Crippen MR) is 43.9 cm³/mol. The second kappa shape index (κ2) is 2.36. The van der Waals surface area contributed by atoms with Crippen molar-refractivity contribution in [2.24, 2.45) is 0 Å². The van der Waals surface area contributed by atoms with Gasteiger partial charge in [0, 0.05) is 9.75 Å². The maximum Gasteiger partial charge on any atom is 0.0269 e. The van der Waals surface area contributed by atoms with Crippen LogP contribution in [0.25, 0.3) is 6.08 Å². The van der Waals surface area contributed by atoms with E-state index in [1.807, 2.05) is 6.08 Å². The third kappa shape index (κ3) is 1.22. The van der Waals surface area contributed by atoms with E-state index in [1.54, 1.807) is 11.3 Å². The van der Waals surface area contributed by atoms with Gasteiger partial charge in [-0.05, 0) is 25.5 Å². The zero-order valence-corrected chi connectivity index (χ0v) is 6.59. The van der Waals surface area contributed by atoms with E-state index in [1.165, 1.54) is 15.3 Å². The monoisotopic (exact) mass is 138 g/mol. The van der Waals surface area contributed by atoms with Gasteiger partial charge in [0.25, 0.3) is 0 Å². The summed E-state index contributed by atoms with van der Waals surface area (Å²) in [6, 6.07) is 2.16. The van der Waals surface area contributed by atoms with E-state index in [4.69, 9.17) is 0 Å². The van der Waals surface area contributed by atoms with Gasteiger partial charge in [0.15, 0.2) is 0 Å². The van der Waals surface area contributed by atoms with E-state index < -0.39 is 0 Å². The molecule has 0 radical (unpaired) electrons. The molecule has 0 fully saturated rings. The zero-order chi connectivity index (χ0) is 6.85. The Morgan fingerprint density at radius 3 is 2.44 bits per heavy atom. The van der Waals surface area contributed by atoms with Crippen LogP contribution in [0.3, 0.4) is 0 Å². The standard InChI is InChI=1S/C8H10S/c1-4-8-5-6(2)7(3)9-8/h4-5H,1H2,2-3H3. The topological polar surface area (TPSA) is 0 Å². The van der Waals surface area contributed by atoms with Crippen LogP contribution in [0.15, 0.2) is 12.6 Å². The minimum Gasteiger partial charge on any atom is -0.141 e. The minimum absolute atomic E-state index is 1.27. The molecule has 9 heavy (non-hydrogen) atoms. The van der Waals surface area contributed by atoms with Crippen LogP contribution >= 0.6 is 11.3 Å². The fraction of sp³-hybridized carbons (Fsp3) is 0.250. The van der Waals surface area contributed by atoms with Gasteiger partial charge in [-0.3, -0.25) is 0 Å². The first-order valence-electron chi connectivity index (χ1n) is 2.93. The Bertz CT molecular complexity index is 201. The summed E-state index contributed by atoms with van der Waals surface area (Å²) in [4.78, 5) is 2.66. The van der Waals surface area contributed by atoms with Gasteiger partial charge < -0.3 is 0 Å². The van der Waals surface area contributed by atoms with Crippen LogP contribution in [0.4, 0.5) is 0 Å². The summed E-state index contributed by atoms with van der Waals surface area (Å²) in [5.41, 5.74) is 1.37. The summed E-state index contributed by atoms with van der Waals surface area (Å²) in [6.45, 7) is 7.95. The summed E-state index contributed by atoms with van der Waals surface area (Å²) in [5, 5.41) is 0. The van der Waals surface area contributed by atoms with Gasteiger partial charge in [0.1, 0.15) is 0 Å². The average Bonchev–Trinajstić information content (AvgIpc) is 2.13. The quantitative estimate of drug-likeness (QED) is 0.559. The van der Waals surface area contributed by atoms with Gasteiger partial charge >= 0.3 is 0 Å². The summed E-state index contributed by atoms with van der Waals surface area (Å²) in [7, 11) is 0. The molecule has 1 heteroatoms. The van der Waals surface area contributed by atoms with Gasteiger partial charge in [-0.15, -0.1) is 11.3 Å². The number of thiophene rings is 1. The van der Waals surface area contributed by atoms with Crippen LogP contribution in [0.1, 0.15) is 15.3 Å². The molecule has 0 N–H and O–H groups in total. The molecule has 1 aromatic heterocycles. The predicted octanol–water partition coefficient (Wildman–Crippen LogP) is 3.01. The summed E-state index contributed by atoms with van der Waals surface area (Å²) in [6.07, 6.45) is 1.89. The molecular formula is C8H10S. The van der Waals surface area contributed by atoms with Crippen molar-refractivity contribution in [1.82, 2.24) is 0 Å². The SMILES string of the molecule is C=Cc1cc(C)c(C)s1. The normalized spacial score (nSPS) is 9.56. The molecule has 0 aromatic carbocycles. The van der Waals surface area contributed by atoms with E-state index in [-0.39, 0.29) is 0 Å². The molecule has 1 heterocycles. The largest absolute Gasteiger partial charge is 0.141 e. The number of aryl methyl sites for hydroxylation is 2. The van der Waals surface area contributed by atoms with E-state index in [9.17, 15) is 0 Å². The fourth-order valence-corrected chi connectivity index (χ4v) is 1.59.